The minimum Gasteiger partial charge on any atom is -0.419 e. The molecule has 0 spiro atoms. The topological polar surface area (TPSA) is 56.7 Å². The van der Waals surface area contributed by atoms with E-state index in [0.717, 1.165) is 21.8 Å². The summed E-state index contributed by atoms with van der Waals surface area (Å²) in [6, 6.07) is 16.0. The number of nitrogens with zero attached hydrogens (tertiary/aromatic N) is 4. The number of para-hydroxylation sites is 1. The molecule has 154 valence electrons. The predicted octanol–water partition coefficient (Wildman–Crippen LogP) is 6.57. The number of benzene rings is 2. The highest BCUT2D eigenvalue weighted by atomic mass is 35.5. The molecule has 0 unspecified atom stereocenters. The van der Waals surface area contributed by atoms with Gasteiger partial charge in [-0.3, -0.25) is 0 Å². The highest BCUT2D eigenvalue weighted by molar-refractivity contribution is 7.98. The van der Waals surface area contributed by atoms with E-state index in [-0.39, 0.29) is 5.41 Å². The van der Waals surface area contributed by atoms with Gasteiger partial charge in [-0.25, -0.2) is 4.68 Å². The number of rotatable bonds is 4. The third-order valence-corrected chi connectivity index (χ3v) is 5.84. The molecule has 5 nitrogen and oxygen atoms in total. The van der Waals surface area contributed by atoms with Crippen LogP contribution in [0.4, 0.5) is 0 Å². The molecule has 0 atom stereocenters. The van der Waals surface area contributed by atoms with E-state index in [1.54, 1.807) is 11.8 Å². The maximum atomic E-state index is 6.54. The lowest BCUT2D eigenvalue weighted by molar-refractivity contribution is 0.398. The van der Waals surface area contributed by atoms with Gasteiger partial charge in [-0.1, -0.05) is 74.3 Å². The van der Waals surface area contributed by atoms with Crippen molar-refractivity contribution < 1.29 is 4.42 Å². The van der Waals surface area contributed by atoms with Crippen LogP contribution in [0.15, 0.2) is 57.8 Å². The molecule has 0 aliphatic rings. The van der Waals surface area contributed by atoms with Crippen molar-refractivity contribution in [2.75, 3.05) is 6.26 Å². The summed E-state index contributed by atoms with van der Waals surface area (Å²) in [4.78, 5) is 0.961. The van der Waals surface area contributed by atoms with Gasteiger partial charge in [-0.05, 0) is 25.3 Å². The summed E-state index contributed by atoms with van der Waals surface area (Å²) in [5.74, 6) is 0.983. The van der Waals surface area contributed by atoms with Crippen molar-refractivity contribution in [1.82, 2.24) is 20.0 Å². The second kappa shape index (κ2) is 7.93. The van der Waals surface area contributed by atoms with Crippen LogP contribution in [-0.2, 0) is 5.41 Å². The van der Waals surface area contributed by atoms with Crippen LogP contribution in [0.1, 0.15) is 32.2 Å². The highest BCUT2D eigenvalue weighted by Gasteiger charge is 2.28. The summed E-state index contributed by atoms with van der Waals surface area (Å²) in [5.41, 5.74) is 4.39. The van der Waals surface area contributed by atoms with Crippen LogP contribution >= 0.6 is 23.4 Å². The Labute approximate surface area is 185 Å². The Morgan fingerprint density at radius 1 is 1.00 bits per heavy atom. The molecule has 0 aliphatic carbocycles. The Morgan fingerprint density at radius 2 is 1.70 bits per heavy atom. The van der Waals surface area contributed by atoms with E-state index in [4.69, 9.17) is 21.1 Å². The van der Waals surface area contributed by atoms with Gasteiger partial charge in [0.1, 0.15) is 0 Å². The Morgan fingerprint density at radius 3 is 2.30 bits per heavy atom. The van der Waals surface area contributed by atoms with Crippen molar-refractivity contribution in [3.8, 4) is 28.5 Å². The number of halogens is 1. The second-order valence-electron chi connectivity index (χ2n) is 8.12. The van der Waals surface area contributed by atoms with Crippen molar-refractivity contribution >= 4 is 23.4 Å². The predicted molar refractivity (Wildman–Crippen MR) is 123 cm³/mol. The van der Waals surface area contributed by atoms with Crippen LogP contribution in [-0.4, -0.2) is 26.2 Å². The Kier molecular flexibility index (Phi) is 5.47. The fourth-order valence-corrected chi connectivity index (χ4v) is 4.06. The smallest absolute Gasteiger partial charge is 0.269 e. The van der Waals surface area contributed by atoms with Crippen LogP contribution in [0, 0.1) is 6.92 Å². The van der Waals surface area contributed by atoms with Gasteiger partial charge >= 0.3 is 0 Å². The van der Waals surface area contributed by atoms with E-state index in [1.165, 1.54) is 5.56 Å². The Hall–Kier alpha value is -2.57. The van der Waals surface area contributed by atoms with E-state index in [2.05, 4.69) is 41.4 Å². The highest BCUT2D eigenvalue weighted by Crippen LogP contribution is 2.41. The molecule has 4 rings (SSSR count). The molecule has 0 bridgehead atoms. The fraction of sp³-hybridized carbons (Fsp3) is 0.261. The molecular weight excluding hydrogens is 416 g/mol. The van der Waals surface area contributed by atoms with E-state index < -0.39 is 0 Å². The molecule has 0 radical (unpaired) electrons. The largest absolute Gasteiger partial charge is 0.419 e. The molecule has 0 saturated carbocycles. The maximum absolute atomic E-state index is 6.54. The molecule has 0 saturated heterocycles. The minimum absolute atomic E-state index is 0.240. The normalized spacial score (nSPS) is 11.8. The lowest BCUT2D eigenvalue weighted by atomic mass is 9.97. The summed E-state index contributed by atoms with van der Waals surface area (Å²) in [7, 11) is 0. The van der Waals surface area contributed by atoms with Crippen LogP contribution in [0.3, 0.4) is 0 Å². The molecule has 2 heterocycles. The molecule has 0 fully saturated rings. The molecule has 4 aromatic rings. The third kappa shape index (κ3) is 3.77. The van der Waals surface area contributed by atoms with Gasteiger partial charge in [-0.2, -0.15) is 5.10 Å². The van der Waals surface area contributed by atoms with Crippen LogP contribution in [0.2, 0.25) is 5.02 Å². The number of aryl methyl sites for hydroxylation is 1. The van der Waals surface area contributed by atoms with Crippen molar-refractivity contribution in [2.24, 2.45) is 0 Å². The van der Waals surface area contributed by atoms with Gasteiger partial charge in [0.05, 0.1) is 21.3 Å². The second-order valence-corrected chi connectivity index (χ2v) is 9.35. The van der Waals surface area contributed by atoms with Gasteiger partial charge in [-0.15, -0.1) is 22.0 Å². The average Bonchev–Trinajstić information content (AvgIpc) is 3.33. The molecule has 30 heavy (non-hydrogen) atoms. The summed E-state index contributed by atoms with van der Waals surface area (Å²) >= 11 is 8.14. The first-order chi connectivity index (χ1) is 14.3. The first kappa shape index (κ1) is 20.7. The van der Waals surface area contributed by atoms with Crippen molar-refractivity contribution in [1.29, 1.82) is 0 Å². The number of hydrogen-bond acceptors (Lipinski definition) is 5. The van der Waals surface area contributed by atoms with E-state index in [1.807, 2.05) is 56.0 Å². The van der Waals surface area contributed by atoms with E-state index >= 15 is 0 Å². The standard InChI is InChI=1S/C23H23ClN4OS/c1-14-10-12-15(13-11-14)19-20(30-5)18(21-25-26-22(29-21)23(2,3)4)27-28(19)17-9-7-6-8-16(17)24/h6-13H,1-5H3. The fourth-order valence-electron chi connectivity index (χ4n) is 3.12. The maximum Gasteiger partial charge on any atom is 0.269 e. The van der Waals surface area contributed by atoms with Gasteiger partial charge in [0.25, 0.3) is 5.89 Å². The Bertz CT molecular complexity index is 1190. The third-order valence-electron chi connectivity index (χ3n) is 4.72. The van der Waals surface area contributed by atoms with Crippen molar-refractivity contribution in [3.63, 3.8) is 0 Å². The summed E-state index contributed by atoms with van der Waals surface area (Å²) in [6.45, 7) is 8.20. The van der Waals surface area contributed by atoms with Crippen molar-refractivity contribution in [3.05, 3.63) is 65.0 Å². The summed E-state index contributed by atoms with van der Waals surface area (Å²) < 4.78 is 7.89. The number of hydrogen-bond donors (Lipinski definition) is 0. The quantitative estimate of drug-likeness (QED) is 0.337. The van der Waals surface area contributed by atoms with Gasteiger partial charge in [0.15, 0.2) is 5.69 Å². The molecule has 2 aromatic carbocycles. The van der Waals surface area contributed by atoms with E-state index in [0.29, 0.717) is 22.5 Å². The zero-order chi connectivity index (χ0) is 21.5. The summed E-state index contributed by atoms with van der Waals surface area (Å²) in [5, 5.41) is 14.1. The molecule has 7 heteroatoms. The van der Waals surface area contributed by atoms with Crippen molar-refractivity contribution in [2.45, 2.75) is 38.0 Å². The van der Waals surface area contributed by atoms with Gasteiger partial charge < -0.3 is 4.42 Å². The molecule has 0 N–H and O–H groups in total. The monoisotopic (exact) mass is 438 g/mol. The Balaban J connectivity index is 1.99. The molecular formula is C23H23ClN4OS. The molecule has 0 aliphatic heterocycles. The average molecular weight is 439 g/mol. The number of thioether (sulfide) groups is 1. The van der Waals surface area contributed by atoms with Crippen LogP contribution in [0.5, 0.6) is 0 Å². The first-order valence-electron chi connectivity index (χ1n) is 9.63. The minimum atomic E-state index is -0.240. The lowest BCUT2D eigenvalue weighted by Gasteiger charge is -2.11. The zero-order valence-corrected chi connectivity index (χ0v) is 19.2. The number of aromatic nitrogens is 4. The molecule has 2 aromatic heterocycles. The molecule has 0 amide bonds. The van der Waals surface area contributed by atoms with Crippen LogP contribution in [0.25, 0.3) is 28.5 Å². The SMILES string of the molecule is CSc1c(-c2nnc(C(C)(C)C)o2)nn(-c2ccccc2Cl)c1-c1ccc(C)cc1. The van der Waals surface area contributed by atoms with Gasteiger partial charge in [0.2, 0.25) is 5.89 Å². The van der Waals surface area contributed by atoms with Gasteiger partial charge in [0, 0.05) is 11.0 Å². The first-order valence-corrected chi connectivity index (χ1v) is 11.2. The van der Waals surface area contributed by atoms with Crippen LogP contribution < -0.4 is 0 Å². The zero-order valence-electron chi connectivity index (χ0n) is 17.6. The lowest BCUT2D eigenvalue weighted by Crippen LogP contribution is -2.11. The summed E-state index contributed by atoms with van der Waals surface area (Å²) in [6.07, 6.45) is 2.02. The van der Waals surface area contributed by atoms with E-state index in [9.17, 15) is 0 Å².